The molecule has 0 aliphatic heterocycles. The van der Waals surface area contributed by atoms with Crippen LogP contribution in [0.5, 0.6) is 5.75 Å². The number of rotatable bonds is 0. The molecule has 0 aromatic heterocycles. The zero-order valence-electron chi connectivity index (χ0n) is 13.4. The minimum atomic E-state index is -0.0457. The Kier molecular flexibility index (Phi) is 3.60. The van der Waals surface area contributed by atoms with Crippen molar-refractivity contribution in [2.45, 2.75) is 73.1 Å². The maximum Gasteiger partial charge on any atom is 0.122 e. The van der Waals surface area contributed by atoms with E-state index in [1.807, 2.05) is 6.92 Å². The predicted molar refractivity (Wildman–Crippen MR) is 79.7 cm³/mol. The van der Waals surface area contributed by atoms with E-state index in [-0.39, 0.29) is 10.8 Å². The highest BCUT2D eigenvalue weighted by Crippen LogP contribution is 2.44. The van der Waals surface area contributed by atoms with Crippen LogP contribution in [0.2, 0.25) is 0 Å². The van der Waals surface area contributed by atoms with Crippen LogP contribution in [0, 0.1) is 20.8 Å². The molecular formula is C17H28O. The molecule has 1 aromatic carbocycles. The van der Waals surface area contributed by atoms with Gasteiger partial charge in [0.15, 0.2) is 0 Å². The monoisotopic (exact) mass is 248 g/mol. The fourth-order valence-electron chi connectivity index (χ4n) is 2.81. The van der Waals surface area contributed by atoms with Gasteiger partial charge in [-0.3, -0.25) is 0 Å². The van der Waals surface area contributed by atoms with Gasteiger partial charge in [-0.15, -0.1) is 0 Å². The predicted octanol–water partition coefficient (Wildman–Crippen LogP) is 4.91. The third kappa shape index (κ3) is 2.41. The van der Waals surface area contributed by atoms with Gasteiger partial charge in [0.25, 0.3) is 0 Å². The highest BCUT2D eigenvalue weighted by Gasteiger charge is 2.31. The van der Waals surface area contributed by atoms with E-state index in [0.717, 1.165) is 11.1 Å². The number of phenolic OH excluding ortho intramolecular Hbond substituents is 1. The van der Waals surface area contributed by atoms with Gasteiger partial charge in [-0.25, -0.2) is 0 Å². The third-order valence-corrected chi connectivity index (χ3v) is 3.84. The van der Waals surface area contributed by atoms with Crippen LogP contribution in [0.3, 0.4) is 0 Å². The fourth-order valence-corrected chi connectivity index (χ4v) is 2.81. The highest BCUT2D eigenvalue weighted by molar-refractivity contribution is 5.58. The smallest absolute Gasteiger partial charge is 0.122 e. The lowest BCUT2D eigenvalue weighted by atomic mass is 9.71. The Balaban J connectivity index is 3.89. The molecule has 0 aliphatic carbocycles. The van der Waals surface area contributed by atoms with Crippen LogP contribution in [0.15, 0.2) is 0 Å². The Morgan fingerprint density at radius 2 is 1.00 bits per heavy atom. The molecule has 1 rings (SSSR count). The molecule has 0 spiro atoms. The average Bonchev–Trinajstić information content (AvgIpc) is 2.16. The lowest BCUT2D eigenvalue weighted by molar-refractivity contribution is 0.430. The van der Waals surface area contributed by atoms with Crippen LogP contribution in [-0.2, 0) is 10.8 Å². The quantitative estimate of drug-likeness (QED) is 0.691. The summed E-state index contributed by atoms with van der Waals surface area (Å²) in [6.07, 6.45) is 0. The molecule has 0 bridgehead atoms. The van der Waals surface area contributed by atoms with Crippen molar-refractivity contribution in [2.24, 2.45) is 0 Å². The van der Waals surface area contributed by atoms with E-state index in [4.69, 9.17) is 0 Å². The summed E-state index contributed by atoms with van der Waals surface area (Å²) in [4.78, 5) is 0. The molecule has 1 aromatic rings. The standard InChI is InChI=1S/C17H28O/c1-10-11(2)13(16(4,5)6)14(17(7,8)9)15(18)12(10)3/h18H,1-9H3. The molecule has 0 saturated carbocycles. The van der Waals surface area contributed by atoms with Crippen molar-refractivity contribution in [2.75, 3.05) is 0 Å². The Morgan fingerprint density at radius 1 is 0.611 bits per heavy atom. The molecule has 0 saturated heterocycles. The maximum absolute atomic E-state index is 10.6. The minimum Gasteiger partial charge on any atom is -0.507 e. The van der Waals surface area contributed by atoms with E-state index in [9.17, 15) is 5.11 Å². The van der Waals surface area contributed by atoms with Gasteiger partial charge in [-0.1, -0.05) is 41.5 Å². The van der Waals surface area contributed by atoms with Crippen molar-refractivity contribution >= 4 is 0 Å². The first-order valence-corrected chi connectivity index (χ1v) is 6.72. The van der Waals surface area contributed by atoms with Gasteiger partial charge in [-0.2, -0.15) is 0 Å². The summed E-state index contributed by atoms with van der Waals surface area (Å²) in [5, 5.41) is 10.6. The van der Waals surface area contributed by atoms with E-state index in [0.29, 0.717) is 5.75 Å². The molecule has 102 valence electrons. The first-order chi connectivity index (χ1) is 7.89. The van der Waals surface area contributed by atoms with Crippen molar-refractivity contribution in [3.8, 4) is 5.75 Å². The van der Waals surface area contributed by atoms with Gasteiger partial charge in [-0.05, 0) is 53.9 Å². The van der Waals surface area contributed by atoms with Crippen LogP contribution in [-0.4, -0.2) is 5.11 Å². The van der Waals surface area contributed by atoms with Crippen LogP contribution in [0.1, 0.15) is 69.4 Å². The summed E-state index contributed by atoms with van der Waals surface area (Å²) in [6.45, 7) is 19.5. The molecule has 0 unspecified atom stereocenters. The molecule has 1 nitrogen and oxygen atoms in total. The lowest BCUT2D eigenvalue weighted by Gasteiger charge is -2.34. The summed E-state index contributed by atoms with van der Waals surface area (Å²) >= 11 is 0. The average molecular weight is 248 g/mol. The number of phenols is 1. The van der Waals surface area contributed by atoms with Gasteiger partial charge in [0.2, 0.25) is 0 Å². The summed E-state index contributed by atoms with van der Waals surface area (Å²) in [5.74, 6) is 0.482. The Morgan fingerprint density at radius 3 is 1.33 bits per heavy atom. The number of aromatic hydroxyl groups is 1. The van der Waals surface area contributed by atoms with E-state index in [1.165, 1.54) is 16.7 Å². The number of benzene rings is 1. The number of hydrogen-bond acceptors (Lipinski definition) is 1. The molecule has 0 fully saturated rings. The zero-order valence-corrected chi connectivity index (χ0v) is 13.4. The van der Waals surface area contributed by atoms with Gasteiger partial charge >= 0.3 is 0 Å². The Labute approximate surface area is 112 Å². The second-order valence-electron chi connectivity index (χ2n) is 7.47. The van der Waals surface area contributed by atoms with Crippen molar-refractivity contribution in [1.29, 1.82) is 0 Å². The molecule has 18 heavy (non-hydrogen) atoms. The van der Waals surface area contributed by atoms with Gasteiger partial charge in [0.05, 0.1) is 0 Å². The van der Waals surface area contributed by atoms with Gasteiger partial charge < -0.3 is 5.11 Å². The molecule has 0 atom stereocenters. The number of hydrogen-bond donors (Lipinski definition) is 1. The molecule has 0 aliphatic rings. The van der Waals surface area contributed by atoms with Gasteiger partial charge in [0.1, 0.15) is 5.75 Å². The Bertz CT molecular complexity index is 423. The third-order valence-electron chi connectivity index (χ3n) is 3.84. The summed E-state index contributed by atoms with van der Waals surface area (Å²) in [5.41, 5.74) is 5.96. The first-order valence-electron chi connectivity index (χ1n) is 6.72. The summed E-state index contributed by atoms with van der Waals surface area (Å²) in [6, 6.07) is 0. The summed E-state index contributed by atoms with van der Waals surface area (Å²) < 4.78 is 0. The first kappa shape index (κ1) is 15.1. The molecule has 0 heterocycles. The van der Waals surface area contributed by atoms with E-state index >= 15 is 0 Å². The van der Waals surface area contributed by atoms with E-state index in [2.05, 4.69) is 55.4 Å². The van der Waals surface area contributed by atoms with E-state index in [1.54, 1.807) is 0 Å². The molecule has 0 amide bonds. The van der Waals surface area contributed by atoms with Crippen molar-refractivity contribution in [3.63, 3.8) is 0 Å². The van der Waals surface area contributed by atoms with Crippen molar-refractivity contribution in [3.05, 3.63) is 27.8 Å². The highest BCUT2D eigenvalue weighted by atomic mass is 16.3. The molecule has 1 heteroatoms. The SMILES string of the molecule is Cc1c(C)c(O)c(C(C)(C)C)c(C(C)(C)C)c1C. The second kappa shape index (κ2) is 4.29. The maximum atomic E-state index is 10.6. The largest absolute Gasteiger partial charge is 0.507 e. The second-order valence-corrected chi connectivity index (χ2v) is 7.47. The van der Waals surface area contributed by atoms with Crippen LogP contribution in [0.25, 0.3) is 0 Å². The summed E-state index contributed by atoms with van der Waals surface area (Å²) in [7, 11) is 0. The molecule has 0 radical (unpaired) electrons. The van der Waals surface area contributed by atoms with Crippen molar-refractivity contribution < 1.29 is 5.11 Å². The van der Waals surface area contributed by atoms with Gasteiger partial charge in [0, 0.05) is 5.56 Å². The van der Waals surface area contributed by atoms with E-state index < -0.39 is 0 Å². The molecule has 1 N–H and O–H groups in total. The molecular weight excluding hydrogens is 220 g/mol. The van der Waals surface area contributed by atoms with Crippen LogP contribution < -0.4 is 0 Å². The Hall–Kier alpha value is -0.980. The zero-order chi connectivity index (χ0) is 14.5. The lowest BCUT2D eigenvalue weighted by Crippen LogP contribution is -2.24. The normalized spacial score (nSPS) is 12.9. The fraction of sp³-hybridized carbons (Fsp3) is 0.647. The van der Waals surface area contributed by atoms with Crippen LogP contribution in [0.4, 0.5) is 0 Å². The van der Waals surface area contributed by atoms with Crippen LogP contribution >= 0.6 is 0 Å². The van der Waals surface area contributed by atoms with Crippen molar-refractivity contribution in [1.82, 2.24) is 0 Å². The topological polar surface area (TPSA) is 20.2 Å². The minimum absolute atomic E-state index is 0.0443.